The summed E-state index contributed by atoms with van der Waals surface area (Å²) in [6.45, 7) is 5.95. The Kier molecular flexibility index (Phi) is 4.35. The zero-order chi connectivity index (χ0) is 13.1. The van der Waals surface area contributed by atoms with E-state index in [4.69, 9.17) is 4.74 Å². The second kappa shape index (κ2) is 5.80. The van der Waals surface area contributed by atoms with E-state index in [1.807, 2.05) is 13.8 Å². The highest BCUT2D eigenvalue weighted by Crippen LogP contribution is 2.24. The molecule has 0 spiro atoms. The van der Waals surface area contributed by atoms with Gasteiger partial charge in [-0.3, -0.25) is 9.19 Å². The number of aromatic nitrogens is 1. The number of hydrogen-bond acceptors (Lipinski definition) is 4. The Labute approximate surface area is 111 Å². The van der Waals surface area contributed by atoms with Gasteiger partial charge in [0.1, 0.15) is 5.75 Å². The first-order chi connectivity index (χ1) is 8.61. The lowest BCUT2D eigenvalue weighted by molar-refractivity contribution is 0.382. The van der Waals surface area contributed by atoms with Gasteiger partial charge >= 0.3 is 0 Å². The molecule has 1 saturated heterocycles. The molecular weight excluding hydrogens is 248 g/mol. The van der Waals surface area contributed by atoms with Crippen molar-refractivity contribution in [3.63, 3.8) is 0 Å². The third-order valence-corrected chi connectivity index (χ3v) is 4.77. The molecule has 1 aliphatic heterocycles. The van der Waals surface area contributed by atoms with Crippen LogP contribution in [0.15, 0.2) is 6.20 Å². The second-order valence-corrected chi connectivity index (χ2v) is 6.32. The van der Waals surface area contributed by atoms with Crippen LogP contribution in [0.1, 0.15) is 16.8 Å². The predicted molar refractivity (Wildman–Crippen MR) is 73.3 cm³/mol. The summed E-state index contributed by atoms with van der Waals surface area (Å²) >= 11 is 0. The molecule has 0 radical (unpaired) electrons. The number of nitrogens with one attached hydrogen (secondary N) is 1. The van der Waals surface area contributed by atoms with Gasteiger partial charge in [-0.15, -0.1) is 0 Å². The van der Waals surface area contributed by atoms with Gasteiger partial charge in [0.25, 0.3) is 0 Å². The van der Waals surface area contributed by atoms with Crippen molar-refractivity contribution >= 4 is 10.8 Å². The maximum Gasteiger partial charge on any atom is 0.128 e. The highest BCUT2D eigenvalue weighted by atomic mass is 32.2. The number of pyridine rings is 1. The second-order valence-electron chi connectivity index (χ2n) is 4.82. The highest BCUT2D eigenvalue weighted by molar-refractivity contribution is 7.84. The first-order valence-corrected chi connectivity index (χ1v) is 7.65. The van der Waals surface area contributed by atoms with E-state index in [9.17, 15) is 4.21 Å². The summed E-state index contributed by atoms with van der Waals surface area (Å²) < 4.78 is 17.4. The lowest BCUT2D eigenvalue weighted by Crippen LogP contribution is -2.44. The van der Waals surface area contributed by atoms with Crippen LogP contribution in [-0.4, -0.2) is 35.1 Å². The van der Waals surface area contributed by atoms with Crippen LogP contribution in [0, 0.1) is 19.8 Å². The van der Waals surface area contributed by atoms with Crippen molar-refractivity contribution in [2.75, 3.05) is 26.0 Å². The number of aryl methyl sites for hydroxylation is 1. The molecule has 0 aliphatic carbocycles. The van der Waals surface area contributed by atoms with Crippen molar-refractivity contribution in [3.05, 3.63) is 23.0 Å². The van der Waals surface area contributed by atoms with Crippen molar-refractivity contribution in [3.8, 4) is 5.75 Å². The maximum atomic E-state index is 12.1. The smallest absolute Gasteiger partial charge is 0.128 e. The SMILES string of the molecule is COc1c(C)cnc(CS(=O)CC2CNC2)c1C. The largest absolute Gasteiger partial charge is 0.496 e. The minimum Gasteiger partial charge on any atom is -0.496 e. The van der Waals surface area contributed by atoms with E-state index in [0.717, 1.165) is 41.4 Å². The van der Waals surface area contributed by atoms with Gasteiger partial charge in [-0.25, -0.2) is 0 Å². The predicted octanol–water partition coefficient (Wildman–Crippen LogP) is 1.18. The molecule has 0 amide bonds. The fourth-order valence-electron chi connectivity index (χ4n) is 2.16. The molecule has 1 aromatic heterocycles. The number of hydrogen-bond donors (Lipinski definition) is 1. The minimum atomic E-state index is -0.835. The lowest BCUT2D eigenvalue weighted by Gasteiger charge is -2.26. The summed E-state index contributed by atoms with van der Waals surface area (Å²) in [5.74, 6) is 2.73. The Bertz CT molecular complexity index is 459. The summed E-state index contributed by atoms with van der Waals surface area (Å²) in [5.41, 5.74) is 2.92. The fourth-order valence-corrected chi connectivity index (χ4v) is 3.63. The molecule has 1 fully saturated rings. The van der Waals surface area contributed by atoms with E-state index in [-0.39, 0.29) is 0 Å². The van der Waals surface area contributed by atoms with Crippen LogP contribution in [0.4, 0.5) is 0 Å². The van der Waals surface area contributed by atoms with Crippen molar-refractivity contribution in [1.29, 1.82) is 0 Å². The standard InChI is InChI=1S/C13H20N2O2S/c1-9-4-15-12(10(2)13(9)17-3)8-18(16)7-11-5-14-6-11/h4,11,14H,5-8H2,1-3H3. The highest BCUT2D eigenvalue weighted by Gasteiger charge is 2.20. The quantitative estimate of drug-likeness (QED) is 0.871. The number of rotatable bonds is 5. The van der Waals surface area contributed by atoms with Crippen molar-refractivity contribution < 1.29 is 8.95 Å². The van der Waals surface area contributed by atoms with Gasteiger partial charge in [0, 0.05) is 47.0 Å². The van der Waals surface area contributed by atoms with Gasteiger partial charge in [-0.05, 0) is 19.8 Å². The molecule has 1 unspecified atom stereocenters. The summed E-state index contributed by atoms with van der Waals surface area (Å²) in [7, 11) is 0.828. The summed E-state index contributed by atoms with van der Waals surface area (Å²) in [6.07, 6.45) is 1.79. The number of ether oxygens (including phenoxy) is 1. The van der Waals surface area contributed by atoms with Gasteiger partial charge in [0.05, 0.1) is 18.6 Å². The molecule has 18 heavy (non-hydrogen) atoms. The first kappa shape index (κ1) is 13.5. The van der Waals surface area contributed by atoms with Crippen molar-refractivity contribution in [2.24, 2.45) is 5.92 Å². The van der Waals surface area contributed by atoms with Crippen LogP contribution in [0.25, 0.3) is 0 Å². The molecular formula is C13H20N2O2S. The summed E-state index contributed by atoms with van der Waals surface area (Å²) in [4.78, 5) is 4.39. The topological polar surface area (TPSA) is 51.2 Å². The molecule has 4 nitrogen and oxygen atoms in total. The van der Waals surface area contributed by atoms with Crippen molar-refractivity contribution in [1.82, 2.24) is 10.3 Å². The molecule has 1 aromatic rings. The molecule has 1 N–H and O–H groups in total. The third-order valence-electron chi connectivity index (χ3n) is 3.34. The van der Waals surface area contributed by atoms with Gasteiger partial charge < -0.3 is 10.1 Å². The molecule has 0 saturated carbocycles. The van der Waals surface area contributed by atoms with Crippen LogP contribution in [0.2, 0.25) is 0 Å². The van der Waals surface area contributed by atoms with E-state index < -0.39 is 10.8 Å². The minimum absolute atomic E-state index is 0.527. The number of methoxy groups -OCH3 is 1. The Morgan fingerprint density at radius 2 is 2.22 bits per heavy atom. The zero-order valence-electron chi connectivity index (χ0n) is 11.2. The molecule has 0 aromatic carbocycles. The molecule has 5 heteroatoms. The monoisotopic (exact) mass is 268 g/mol. The summed E-state index contributed by atoms with van der Waals surface area (Å²) in [6, 6.07) is 0. The molecule has 1 aliphatic rings. The van der Waals surface area contributed by atoms with E-state index in [2.05, 4.69) is 10.3 Å². The Morgan fingerprint density at radius 3 is 2.78 bits per heavy atom. The van der Waals surface area contributed by atoms with Crippen LogP contribution in [0.5, 0.6) is 5.75 Å². The Morgan fingerprint density at radius 1 is 1.50 bits per heavy atom. The van der Waals surface area contributed by atoms with Gasteiger partial charge in [-0.2, -0.15) is 0 Å². The van der Waals surface area contributed by atoms with Gasteiger partial charge in [-0.1, -0.05) is 0 Å². The van der Waals surface area contributed by atoms with Crippen LogP contribution >= 0.6 is 0 Å². The van der Waals surface area contributed by atoms with Crippen molar-refractivity contribution in [2.45, 2.75) is 19.6 Å². The fraction of sp³-hybridized carbons (Fsp3) is 0.615. The maximum absolute atomic E-state index is 12.1. The van der Waals surface area contributed by atoms with Crippen LogP contribution in [-0.2, 0) is 16.6 Å². The first-order valence-electron chi connectivity index (χ1n) is 6.16. The third kappa shape index (κ3) is 2.90. The molecule has 0 bridgehead atoms. The van der Waals surface area contributed by atoms with E-state index in [0.29, 0.717) is 11.7 Å². The van der Waals surface area contributed by atoms with E-state index in [1.165, 1.54) is 0 Å². The Hall–Kier alpha value is -0.940. The Balaban J connectivity index is 2.06. The molecule has 2 heterocycles. The van der Waals surface area contributed by atoms with E-state index in [1.54, 1.807) is 13.3 Å². The van der Waals surface area contributed by atoms with Crippen LogP contribution in [0.3, 0.4) is 0 Å². The lowest BCUT2D eigenvalue weighted by atomic mass is 10.1. The molecule has 2 rings (SSSR count). The van der Waals surface area contributed by atoms with Gasteiger partial charge in [0.15, 0.2) is 0 Å². The average molecular weight is 268 g/mol. The molecule has 1 atom stereocenters. The molecule has 100 valence electrons. The van der Waals surface area contributed by atoms with E-state index >= 15 is 0 Å². The van der Waals surface area contributed by atoms with Crippen LogP contribution < -0.4 is 10.1 Å². The normalized spacial score (nSPS) is 17.3. The van der Waals surface area contributed by atoms with Gasteiger partial charge in [0.2, 0.25) is 0 Å². The zero-order valence-corrected chi connectivity index (χ0v) is 12.0. The summed E-state index contributed by atoms with van der Waals surface area (Å²) in [5, 5.41) is 3.20. The number of nitrogens with zero attached hydrogens (tertiary/aromatic N) is 1. The average Bonchev–Trinajstić information content (AvgIpc) is 2.28.